The van der Waals surface area contributed by atoms with Gasteiger partial charge in [0.1, 0.15) is 17.6 Å². The highest BCUT2D eigenvalue weighted by atomic mass is 16.5. The Labute approximate surface area is 197 Å². The Bertz CT molecular complexity index is 1190. The lowest BCUT2D eigenvalue weighted by Crippen LogP contribution is -2.19. The van der Waals surface area contributed by atoms with E-state index in [-0.39, 0.29) is 17.3 Å². The van der Waals surface area contributed by atoms with Gasteiger partial charge < -0.3 is 20.3 Å². The van der Waals surface area contributed by atoms with Gasteiger partial charge in [-0.3, -0.25) is 9.59 Å². The number of amides is 1. The maximum atomic E-state index is 12.4. The molecule has 0 spiro atoms. The minimum absolute atomic E-state index is 0.0168. The SMILES string of the molecule is CC(C)c1c(OC(c2ccc(C(N)=O)cc2)c2ccc(C(=O)O)cc2)ccc2c1OCCC2=O. The van der Waals surface area contributed by atoms with Crippen LogP contribution in [0.2, 0.25) is 0 Å². The minimum Gasteiger partial charge on any atom is -0.492 e. The first kappa shape index (κ1) is 23.0. The molecule has 34 heavy (non-hydrogen) atoms. The van der Waals surface area contributed by atoms with Crippen molar-refractivity contribution >= 4 is 17.7 Å². The topological polar surface area (TPSA) is 116 Å². The second-order valence-corrected chi connectivity index (χ2v) is 8.44. The van der Waals surface area contributed by atoms with Gasteiger partial charge in [0, 0.05) is 17.5 Å². The van der Waals surface area contributed by atoms with E-state index in [0.717, 1.165) is 16.7 Å². The molecule has 1 aliphatic rings. The summed E-state index contributed by atoms with van der Waals surface area (Å²) in [7, 11) is 0. The van der Waals surface area contributed by atoms with Crippen LogP contribution < -0.4 is 15.2 Å². The second-order valence-electron chi connectivity index (χ2n) is 8.44. The maximum absolute atomic E-state index is 12.4. The Kier molecular flexibility index (Phi) is 6.36. The van der Waals surface area contributed by atoms with Crippen molar-refractivity contribution in [2.45, 2.75) is 32.3 Å². The van der Waals surface area contributed by atoms with Crippen LogP contribution >= 0.6 is 0 Å². The molecule has 0 aromatic heterocycles. The van der Waals surface area contributed by atoms with Crippen molar-refractivity contribution < 1.29 is 29.0 Å². The number of carboxylic acids is 1. The van der Waals surface area contributed by atoms with E-state index >= 15 is 0 Å². The van der Waals surface area contributed by atoms with Gasteiger partial charge >= 0.3 is 5.97 Å². The number of ether oxygens (including phenoxy) is 2. The zero-order chi connectivity index (χ0) is 24.4. The number of hydrogen-bond donors (Lipinski definition) is 2. The molecule has 1 heterocycles. The summed E-state index contributed by atoms with van der Waals surface area (Å²) in [6.07, 6.45) is -0.269. The van der Waals surface area contributed by atoms with Crippen molar-refractivity contribution in [3.63, 3.8) is 0 Å². The standard InChI is InChI=1S/C27H25NO6/c1-15(2)23-22(12-11-20-21(29)13-14-33-25(20)23)34-24(16-3-7-18(8-4-16)26(28)30)17-5-9-19(10-6-17)27(31)32/h3-12,15,24H,13-14H2,1-2H3,(H2,28,30)(H,31,32). The number of ketones is 1. The van der Waals surface area contributed by atoms with Crippen LogP contribution in [0.4, 0.5) is 0 Å². The van der Waals surface area contributed by atoms with Crippen molar-refractivity contribution in [3.05, 3.63) is 94.0 Å². The van der Waals surface area contributed by atoms with Gasteiger partial charge in [-0.05, 0) is 53.4 Å². The number of carbonyl (C=O) groups is 3. The molecule has 1 atom stereocenters. The Balaban J connectivity index is 1.80. The number of Topliss-reactive ketones (excluding diaryl/α,β-unsaturated/α-hetero) is 1. The number of hydrogen-bond acceptors (Lipinski definition) is 5. The number of nitrogens with two attached hydrogens (primary N) is 1. The quantitative estimate of drug-likeness (QED) is 0.527. The molecule has 1 unspecified atom stereocenters. The van der Waals surface area contributed by atoms with Crippen LogP contribution in [0, 0.1) is 0 Å². The summed E-state index contributed by atoms with van der Waals surface area (Å²) in [5, 5.41) is 9.26. The molecule has 3 aromatic carbocycles. The molecule has 0 bridgehead atoms. The third-order valence-electron chi connectivity index (χ3n) is 5.81. The zero-order valence-corrected chi connectivity index (χ0v) is 18.9. The van der Waals surface area contributed by atoms with Crippen LogP contribution in [0.5, 0.6) is 11.5 Å². The van der Waals surface area contributed by atoms with Crippen molar-refractivity contribution in [3.8, 4) is 11.5 Å². The van der Waals surface area contributed by atoms with Crippen molar-refractivity contribution in [1.29, 1.82) is 0 Å². The van der Waals surface area contributed by atoms with E-state index in [4.69, 9.17) is 15.2 Å². The van der Waals surface area contributed by atoms with E-state index in [0.29, 0.717) is 35.7 Å². The lowest BCUT2D eigenvalue weighted by Gasteiger charge is -2.27. The Morgan fingerprint density at radius 1 is 0.941 bits per heavy atom. The molecule has 7 nitrogen and oxygen atoms in total. The van der Waals surface area contributed by atoms with E-state index in [1.165, 1.54) is 12.1 Å². The number of carboxylic acid groups (broad SMARTS) is 1. The Hall–Kier alpha value is -4.13. The maximum Gasteiger partial charge on any atom is 0.335 e. The van der Waals surface area contributed by atoms with E-state index in [1.807, 2.05) is 13.8 Å². The van der Waals surface area contributed by atoms with Crippen molar-refractivity contribution in [2.75, 3.05) is 6.61 Å². The number of benzene rings is 3. The summed E-state index contributed by atoms with van der Waals surface area (Å²) in [6.45, 7) is 4.33. The molecule has 0 fully saturated rings. The third-order valence-corrected chi connectivity index (χ3v) is 5.81. The summed E-state index contributed by atoms with van der Waals surface area (Å²) in [5.74, 6) is -0.384. The highest BCUT2D eigenvalue weighted by Gasteiger charge is 2.27. The van der Waals surface area contributed by atoms with Crippen LogP contribution in [-0.2, 0) is 0 Å². The van der Waals surface area contributed by atoms with Gasteiger partial charge in [-0.15, -0.1) is 0 Å². The van der Waals surface area contributed by atoms with Crippen LogP contribution in [-0.4, -0.2) is 29.4 Å². The average molecular weight is 459 g/mol. The molecule has 0 saturated carbocycles. The van der Waals surface area contributed by atoms with Gasteiger partial charge in [0.2, 0.25) is 5.91 Å². The Morgan fingerprint density at radius 3 is 2.06 bits per heavy atom. The third kappa shape index (κ3) is 4.50. The first-order valence-electron chi connectivity index (χ1n) is 11.0. The van der Waals surface area contributed by atoms with Crippen LogP contribution in [0.1, 0.15) is 80.1 Å². The largest absolute Gasteiger partial charge is 0.492 e. The molecule has 0 aliphatic carbocycles. The van der Waals surface area contributed by atoms with Gasteiger partial charge in [0.05, 0.1) is 17.7 Å². The molecule has 174 valence electrons. The summed E-state index contributed by atoms with van der Waals surface area (Å²) >= 11 is 0. The van der Waals surface area contributed by atoms with Crippen LogP contribution in [0.15, 0.2) is 60.7 Å². The number of rotatable bonds is 7. The van der Waals surface area contributed by atoms with E-state index in [2.05, 4.69) is 0 Å². The first-order valence-corrected chi connectivity index (χ1v) is 11.0. The molecule has 0 radical (unpaired) electrons. The normalized spacial score (nSPS) is 13.7. The molecular formula is C27H25NO6. The lowest BCUT2D eigenvalue weighted by molar-refractivity contribution is 0.0696. The number of primary amides is 1. The summed E-state index contributed by atoms with van der Waals surface area (Å²) < 4.78 is 12.4. The summed E-state index contributed by atoms with van der Waals surface area (Å²) in [6, 6.07) is 16.7. The van der Waals surface area contributed by atoms with Gasteiger partial charge in [-0.25, -0.2) is 4.79 Å². The first-order chi connectivity index (χ1) is 16.3. The lowest BCUT2D eigenvalue weighted by atomic mass is 9.93. The van der Waals surface area contributed by atoms with Crippen molar-refractivity contribution in [2.24, 2.45) is 5.73 Å². The van der Waals surface area contributed by atoms with Gasteiger partial charge in [0.25, 0.3) is 0 Å². The number of fused-ring (bicyclic) bond motifs is 1. The predicted octanol–water partition coefficient (Wildman–Crippen LogP) is 4.74. The fourth-order valence-corrected chi connectivity index (χ4v) is 4.06. The monoisotopic (exact) mass is 459 g/mol. The summed E-state index contributed by atoms with van der Waals surface area (Å²) in [4.78, 5) is 35.2. The molecule has 0 saturated heterocycles. The Morgan fingerprint density at radius 2 is 1.53 bits per heavy atom. The fourth-order valence-electron chi connectivity index (χ4n) is 4.06. The molecule has 1 amide bonds. The number of aromatic carboxylic acids is 1. The van der Waals surface area contributed by atoms with Gasteiger partial charge in [-0.2, -0.15) is 0 Å². The molecule has 3 N–H and O–H groups in total. The summed E-state index contributed by atoms with van der Waals surface area (Å²) in [5.41, 5.74) is 8.73. The second kappa shape index (κ2) is 9.39. The van der Waals surface area contributed by atoms with Gasteiger partial charge in [0.15, 0.2) is 5.78 Å². The molecule has 1 aliphatic heterocycles. The zero-order valence-electron chi connectivity index (χ0n) is 18.9. The van der Waals surface area contributed by atoms with E-state index < -0.39 is 18.0 Å². The highest BCUT2D eigenvalue weighted by Crippen LogP contribution is 2.42. The van der Waals surface area contributed by atoms with Crippen molar-refractivity contribution in [1.82, 2.24) is 0 Å². The molecular weight excluding hydrogens is 434 g/mol. The van der Waals surface area contributed by atoms with Crippen LogP contribution in [0.25, 0.3) is 0 Å². The predicted molar refractivity (Wildman–Crippen MR) is 126 cm³/mol. The average Bonchev–Trinajstić information content (AvgIpc) is 2.82. The molecule has 4 rings (SSSR count). The van der Waals surface area contributed by atoms with E-state index in [1.54, 1.807) is 48.5 Å². The van der Waals surface area contributed by atoms with E-state index in [9.17, 15) is 19.5 Å². The molecule has 3 aromatic rings. The van der Waals surface area contributed by atoms with Gasteiger partial charge in [-0.1, -0.05) is 38.1 Å². The highest BCUT2D eigenvalue weighted by molar-refractivity contribution is 6.00. The number of carbonyl (C=O) groups excluding carboxylic acids is 2. The smallest absolute Gasteiger partial charge is 0.335 e. The molecule has 7 heteroatoms. The van der Waals surface area contributed by atoms with Crippen LogP contribution in [0.3, 0.4) is 0 Å². The minimum atomic E-state index is -1.02. The fraction of sp³-hybridized carbons (Fsp3) is 0.222.